The largest absolute Gasteiger partial charge is 0.490 e. The van der Waals surface area contributed by atoms with Crippen molar-refractivity contribution < 1.29 is 23.0 Å². The Morgan fingerprint density at radius 3 is 2.46 bits per heavy atom. The summed E-state index contributed by atoms with van der Waals surface area (Å²) in [5.41, 5.74) is 0.579. The highest BCUT2D eigenvalue weighted by atomic mass is 35.5. The quantitative estimate of drug-likeness (QED) is 0.380. The first-order valence-electron chi connectivity index (χ1n) is 12.3. The summed E-state index contributed by atoms with van der Waals surface area (Å²) >= 11 is 6.36. The number of halogens is 3. The van der Waals surface area contributed by atoms with Crippen LogP contribution in [0.3, 0.4) is 0 Å². The summed E-state index contributed by atoms with van der Waals surface area (Å²) in [7, 11) is 0. The minimum atomic E-state index is -1.49. The normalized spacial score (nSPS) is 18.4. The maximum Gasteiger partial charge on any atom is 0.341 e. The van der Waals surface area contributed by atoms with E-state index in [0.717, 1.165) is 34.6 Å². The van der Waals surface area contributed by atoms with Gasteiger partial charge in [0, 0.05) is 30.7 Å². The predicted molar refractivity (Wildman–Crippen MR) is 134 cm³/mol. The fraction of sp³-hybridized carbons (Fsp3) is 0.536. The third-order valence-electron chi connectivity index (χ3n) is 6.58. The highest BCUT2D eigenvalue weighted by molar-refractivity contribution is 6.31. The van der Waals surface area contributed by atoms with Crippen molar-refractivity contribution in [2.45, 2.75) is 77.1 Å². The van der Waals surface area contributed by atoms with Crippen molar-refractivity contribution in [1.29, 1.82) is 0 Å². The lowest BCUT2D eigenvalue weighted by Gasteiger charge is -2.36. The van der Waals surface area contributed by atoms with E-state index in [2.05, 4.69) is 4.90 Å². The lowest BCUT2D eigenvalue weighted by atomic mass is 9.93. The second-order valence-corrected chi connectivity index (χ2v) is 11.4. The molecule has 2 aromatic rings. The van der Waals surface area contributed by atoms with E-state index in [1.807, 2.05) is 25.1 Å². The SMILES string of the molecule is Cc1ccc(CN2CCC(F)(COc3cc(F)c(C(=O)OC(C)(C)C)cc3C3CC3)CC2)c(Cl)c1. The van der Waals surface area contributed by atoms with Crippen LogP contribution < -0.4 is 4.74 Å². The van der Waals surface area contributed by atoms with Crippen molar-refractivity contribution in [3.05, 3.63) is 63.4 Å². The molecular formula is C28H34ClF2NO3. The number of carbonyl (C=O) groups excluding carboxylic acids is 1. The van der Waals surface area contributed by atoms with E-state index in [9.17, 15) is 9.18 Å². The average Bonchev–Trinajstić information content (AvgIpc) is 3.60. The molecule has 0 radical (unpaired) electrons. The summed E-state index contributed by atoms with van der Waals surface area (Å²) in [4.78, 5) is 14.7. The molecule has 0 atom stereocenters. The molecule has 4 nitrogen and oxygen atoms in total. The molecule has 1 aliphatic heterocycles. The van der Waals surface area contributed by atoms with Crippen molar-refractivity contribution in [3.8, 4) is 5.75 Å². The number of piperidine rings is 1. The minimum Gasteiger partial charge on any atom is -0.490 e. The number of hydrogen-bond donors (Lipinski definition) is 0. The molecule has 2 aromatic carbocycles. The minimum absolute atomic E-state index is 0.104. The van der Waals surface area contributed by atoms with Crippen LogP contribution in [-0.4, -0.2) is 41.8 Å². The van der Waals surface area contributed by atoms with Crippen LogP contribution in [-0.2, 0) is 11.3 Å². The molecular weight excluding hydrogens is 472 g/mol. The van der Waals surface area contributed by atoms with E-state index in [-0.39, 0.29) is 18.1 Å². The van der Waals surface area contributed by atoms with E-state index in [1.54, 1.807) is 20.8 Å². The molecule has 35 heavy (non-hydrogen) atoms. The lowest BCUT2D eigenvalue weighted by Crippen LogP contribution is -2.44. The van der Waals surface area contributed by atoms with Crippen molar-refractivity contribution >= 4 is 17.6 Å². The molecule has 1 saturated heterocycles. The summed E-state index contributed by atoms with van der Waals surface area (Å²) in [6, 6.07) is 8.73. The standard InChI is InChI=1S/C28H34ClF2NO3/c1-18-5-6-20(23(29)13-18)16-32-11-9-28(31,10-12-32)17-34-25-15-24(30)22(14-21(25)19-7-8-19)26(33)35-27(2,3)4/h5-6,13-15,19H,7-12,16-17H2,1-4H3. The number of alkyl halides is 1. The maximum absolute atomic E-state index is 15.6. The molecule has 4 rings (SSSR count). The molecule has 0 unspecified atom stereocenters. The predicted octanol–water partition coefficient (Wildman–Crippen LogP) is 7.00. The zero-order valence-corrected chi connectivity index (χ0v) is 21.7. The van der Waals surface area contributed by atoms with Crippen LogP contribution in [0, 0.1) is 12.7 Å². The first kappa shape index (κ1) is 25.9. The monoisotopic (exact) mass is 505 g/mol. The molecule has 0 aromatic heterocycles. The highest BCUT2D eigenvalue weighted by Crippen LogP contribution is 2.45. The van der Waals surface area contributed by atoms with Crippen LogP contribution in [0.25, 0.3) is 0 Å². The van der Waals surface area contributed by atoms with Gasteiger partial charge < -0.3 is 9.47 Å². The molecule has 7 heteroatoms. The number of ether oxygens (including phenoxy) is 2. The maximum atomic E-state index is 15.6. The Bertz CT molecular complexity index is 1090. The number of hydrogen-bond acceptors (Lipinski definition) is 4. The Morgan fingerprint density at radius 1 is 1.17 bits per heavy atom. The van der Waals surface area contributed by atoms with Crippen LogP contribution in [0.4, 0.5) is 8.78 Å². The van der Waals surface area contributed by atoms with Crippen molar-refractivity contribution in [3.63, 3.8) is 0 Å². The zero-order valence-electron chi connectivity index (χ0n) is 20.9. The van der Waals surface area contributed by atoms with Gasteiger partial charge in [-0.2, -0.15) is 0 Å². The molecule has 0 N–H and O–H groups in total. The van der Waals surface area contributed by atoms with Gasteiger partial charge in [0.05, 0.1) is 5.56 Å². The summed E-state index contributed by atoms with van der Waals surface area (Å²) in [5, 5.41) is 0.731. The summed E-state index contributed by atoms with van der Waals surface area (Å²) in [6.07, 6.45) is 2.53. The second kappa shape index (κ2) is 10.1. The zero-order chi connectivity index (χ0) is 25.4. The molecule has 1 heterocycles. The van der Waals surface area contributed by atoms with Gasteiger partial charge in [0.2, 0.25) is 0 Å². The Balaban J connectivity index is 1.39. The molecule has 1 saturated carbocycles. The van der Waals surface area contributed by atoms with Gasteiger partial charge in [-0.15, -0.1) is 0 Å². The van der Waals surface area contributed by atoms with Gasteiger partial charge in [-0.1, -0.05) is 23.7 Å². The molecule has 190 valence electrons. The third kappa shape index (κ3) is 6.73. The van der Waals surface area contributed by atoms with E-state index < -0.39 is 23.1 Å². The average molecular weight is 506 g/mol. The van der Waals surface area contributed by atoms with Gasteiger partial charge in [0.15, 0.2) is 0 Å². The molecule has 2 fully saturated rings. The van der Waals surface area contributed by atoms with Gasteiger partial charge in [-0.3, -0.25) is 4.90 Å². The highest BCUT2D eigenvalue weighted by Gasteiger charge is 2.37. The number of carbonyl (C=O) groups is 1. The van der Waals surface area contributed by atoms with Crippen LogP contribution in [0.15, 0.2) is 30.3 Å². The van der Waals surface area contributed by atoms with Gasteiger partial charge in [0.25, 0.3) is 0 Å². The summed E-state index contributed by atoms with van der Waals surface area (Å²) in [6.45, 7) is 8.93. The van der Waals surface area contributed by atoms with Crippen molar-refractivity contribution in [1.82, 2.24) is 4.90 Å². The molecule has 0 spiro atoms. The van der Waals surface area contributed by atoms with Gasteiger partial charge in [0.1, 0.15) is 29.4 Å². The van der Waals surface area contributed by atoms with Crippen LogP contribution in [0.1, 0.15) is 79.4 Å². The van der Waals surface area contributed by atoms with Crippen molar-refractivity contribution in [2.75, 3.05) is 19.7 Å². The number of esters is 1. The van der Waals surface area contributed by atoms with Crippen LogP contribution in [0.2, 0.25) is 5.02 Å². The van der Waals surface area contributed by atoms with Crippen molar-refractivity contribution in [2.24, 2.45) is 0 Å². The van der Waals surface area contributed by atoms with E-state index in [4.69, 9.17) is 21.1 Å². The number of nitrogens with zero attached hydrogens (tertiary/aromatic N) is 1. The Hall–Kier alpha value is -2.18. The fourth-order valence-electron chi connectivity index (χ4n) is 4.38. The Morgan fingerprint density at radius 2 is 1.86 bits per heavy atom. The summed E-state index contributed by atoms with van der Waals surface area (Å²) in [5.74, 6) is -0.894. The first-order chi connectivity index (χ1) is 16.4. The molecule has 1 aliphatic carbocycles. The lowest BCUT2D eigenvalue weighted by molar-refractivity contribution is 0.00625. The number of aryl methyl sites for hydroxylation is 1. The molecule has 0 bridgehead atoms. The molecule has 2 aliphatic rings. The second-order valence-electron chi connectivity index (χ2n) is 11.0. The number of rotatable bonds is 7. The van der Waals surface area contributed by atoms with Gasteiger partial charge in [-0.25, -0.2) is 13.6 Å². The number of benzene rings is 2. The van der Waals surface area contributed by atoms with Gasteiger partial charge >= 0.3 is 5.97 Å². The third-order valence-corrected chi connectivity index (χ3v) is 6.93. The molecule has 0 amide bonds. The first-order valence-corrected chi connectivity index (χ1v) is 12.7. The number of likely N-dealkylation sites (tertiary alicyclic amines) is 1. The smallest absolute Gasteiger partial charge is 0.341 e. The van der Waals surface area contributed by atoms with E-state index in [0.29, 0.717) is 38.2 Å². The Kier molecular flexibility index (Phi) is 7.44. The fourth-order valence-corrected chi connectivity index (χ4v) is 4.68. The van der Waals surface area contributed by atoms with Crippen LogP contribution in [0.5, 0.6) is 5.75 Å². The topological polar surface area (TPSA) is 38.8 Å². The van der Waals surface area contributed by atoms with Crippen LogP contribution >= 0.6 is 11.6 Å². The van der Waals surface area contributed by atoms with Gasteiger partial charge in [-0.05, 0) is 88.1 Å². The Labute approximate surface area is 211 Å². The van der Waals surface area contributed by atoms with E-state index >= 15 is 4.39 Å². The summed E-state index contributed by atoms with van der Waals surface area (Å²) < 4.78 is 41.6. The van der Waals surface area contributed by atoms with E-state index in [1.165, 1.54) is 12.1 Å².